The summed E-state index contributed by atoms with van der Waals surface area (Å²) in [6, 6.07) is 82.2. The first-order valence-corrected chi connectivity index (χ1v) is 21.1. The van der Waals surface area contributed by atoms with Crippen LogP contribution < -0.4 is 0 Å². The van der Waals surface area contributed by atoms with Gasteiger partial charge in [0, 0.05) is 49.4 Å². The van der Waals surface area contributed by atoms with Gasteiger partial charge in [-0.1, -0.05) is 182 Å². The molecule has 12 rings (SSSR count). The molecule has 0 aliphatic heterocycles. The molecule has 290 valence electrons. The lowest BCUT2D eigenvalue weighted by atomic mass is 9.94. The monoisotopic (exact) mass is 790 g/mol. The van der Waals surface area contributed by atoms with Crippen LogP contribution >= 0.6 is 0 Å². The van der Waals surface area contributed by atoms with Crippen molar-refractivity contribution in [2.45, 2.75) is 0 Å². The number of rotatable bonds is 7. The zero-order valence-electron chi connectivity index (χ0n) is 33.7. The van der Waals surface area contributed by atoms with Gasteiger partial charge in [0.15, 0.2) is 5.82 Å². The highest BCUT2D eigenvalue weighted by Crippen LogP contribution is 2.45. The molecule has 0 saturated heterocycles. The van der Waals surface area contributed by atoms with Crippen molar-refractivity contribution < 1.29 is 0 Å². The van der Waals surface area contributed by atoms with E-state index in [9.17, 15) is 0 Å². The van der Waals surface area contributed by atoms with Crippen LogP contribution in [0.4, 0.5) is 0 Å². The quantitative estimate of drug-likeness (QED) is 0.161. The van der Waals surface area contributed by atoms with Crippen LogP contribution in [0.2, 0.25) is 0 Å². The van der Waals surface area contributed by atoms with Crippen LogP contribution in [0.3, 0.4) is 0 Å². The largest absolute Gasteiger partial charge is 0.309 e. The summed E-state index contributed by atoms with van der Waals surface area (Å²) in [4.78, 5) is 10.9. The van der Waals surface area contributed by atoms with E-state index >= 15 is 0 Å². The van der Waals surface area contributed by atoms with Crippen molar-refractivity contribution in [3.63, 3.8) is 0 Å². The third kappa shape index (κ3) is 5.84. The Kier molecular flexibility index (Phi) is 8.46. The maximum absolute atomic E-state index is 5.44. The van der Waals surface area contributed by atoms with Crippen molar-refractivity contribution >= 4 is 43.6 Å². The highest BCUT2D eigenvalue weighted by atomic mass is 15.0. The Morgan fingerprint density at radius 3 is 1.31 bits per heavy atom. The molecule has 0 radical (unpaired) electrons. The van der Waals surface area contributed by atoms with E-state index in [-0.39, 0.29) is 0 Å². The third-order valence-electron chi connectivity index (χ3n) is 12.2. The average molecular weight is 791 g/mol. The van der Waals surface area contributed by atoms with E-state index in [1.54, 1.807) is 0 Å². The molecule has 0 aliphatic rings. The van der Waals surface area contributed by atoms with Gasteiger partial charge in [-0.05, 0) is 59.7 Å². The Labute approximate surface area is 359 Å². The van der Waals surface area contributed by atoms with Crippen molar-refractivity contribution in [3.05, 3.63) is 231 Å². The molecule has 0 saturated carbocycles. The molecule has 0 unspecified atom stereocenters. The lowest BCUT2D eigenvalue weighted by molar-refractivity contribution is 1.15. The number of aromatic nitrogens is 4. The maximum Gasteiger partial charge on any atom is 0.161 e. The average Bonchev–Trinajstić information content (AvgIpc) is 3.87. The molecule has 3 aromatic heterocycles. The fraction of sp³-hybridized carbons (Fsp3) is 0. The molecule has 12 aromatic rings. The van der Waals surface area contributed by atoms with E-state index in [1.165, 1.54) is 32.7 Å². The summed E-state index contributed by atoms with van der Waals surface area (Å²) in [6.07, 6.45) is 0. The molecular weight excluding hydrogens is 753 g/mol. The molecule has 0 atom stereocenters. The van der Waals surface area contributed by atoms with E-state index in [4.69, 9.17) is 9.97 Å². The second kappa shape index (κ2) is 14.7. The molecule has 3 heterocycles. The first-order valence-electron chi connectivity index (χ1n) is 21.1. The zero-order valence-corrected chi connectivity index (χ0v) is 33.7. The Hall–Kier alpha value is -8.34. The Bertz CT molecular complexity index is 3510. The molecule has 0 spiro atoms. The van der Waals surface area contributed by atoms with Gasteiger partial charge < -0.3 is 9.13 Å². The summed E-state index contributed by atoms with van der Waals surface area (Å²) in [5, 5.41) is 4.83. The van der Waals surface area contributed by atoms with Gasteiger partial charge in [-0.25, -0.2) is 9.97 Å². The Morgan fingerprint density at radius 1 is 0.274 bits per heavy atom. The lowest BCUT2D eigenvalue weighted by Gasteiger charge is -2.21. The van der Waals surface area contributed by atoms with Gasteiger partial charge in [0.2, 0.25) is 0 Å². The molecule has 0 N–H and O–H groups in total. The normalized spacial score (nSPS) is 11.5. The molecule has 0 amide bonds. The van der Waals surface area contributed by atoms with Crippen LogP contribution in [0.1, 0.15) is 0 Å². The van der Waals surface area contributed by atoms with Crippen molar-refractivity contribution in [1.82, 2.24) is 19.1 Å². The van der Waals surface area contributed by atoms with Gasteiger partial charge >= 0.3 is 0 Å². The molecule has 9 aromatic carbocycles. The van der Waals surface area contributed by atoms with E-state index in [0.29, 0.717) is 5.82 Å². The molecule has 62 heavy (non-hydrogen) atoms. The minimum Gasteiger partial charge on any atom is -0.309 e. The molecule has 0 fully saturated rings. The predicted molar refractivity (Wildman–Crippen MR) is 258 cm³/mol. The van der Waals surface area contributed by atoms with Crippen LogP contribution in [0.15, 0.2) is 231 Å². The molecular formula is C58H38N4. The molecule has 4 nitrogen and oxygen atoms in total. The van der Waals surface area contributed by atoms with Gasteiger partial charge in [0.25, 0.3) is 0 Å². The van der Waals surface area contributed by atoms with Crippen molar-refractivity contribution in [2.75, 3.05) is 0 Å². The van der Waals surface area contributed by atoms with Crippen LogP contribution in [0, 0.1) is 0 Å². The summed E-state index contributed by atoms with van der Waals surface area (Å²) in [5.41, 5.74) is 15.9. The topological polar surface area (TPSA) is 35.6 Å². The van der Waals surface area contributed by atoms with Gasteiger partial charge in [0.05, 0.1) is 44.8 Å². The fourth-order valence-electron chi connectivity index (χ4n) is 9.38. The van der Waals surface area contributed by atoms with Gasteiger partial charge in [-0.2, -0.15) is 0 Å². The minimum atomic E-state index is 0.659. The predicted octanol–water partition coefficient (Wildman–Crippen LogP) is 15.0. The number of nitrogens with zero attached hydrogens (tertiary/aromatic N) is 4. The highest BCUT2D eigenvalue weighted by molar-refractivity contribution is 6.12. The van der Waals surface area contributed by atoms with Crippen LogP contribution in [-0.2, 0) is 0 Å². The van der Waals surface area contributed by atoms with E-state index in [2.05, 4.69) is 228 Å². The smallest absolute Gasteiger partial charge is 0.161 e. The summed E-state index contributed by atoms with van der Waals surface area (Å²) >= 11 is 0. The Balaban J connectivity index is 1.20. The van der Waals surface area contributed by atoms with Gasteiger partial charge in [-0.15, -0.1) is 0 Å². The summed E-state index contributed by atoms with van der Waals surface area (Å²) < 4.78 is 4.87. The summed E-state index contributed by atoms with van der Waals surface area (Å²) in [6.45, 7) is 0. The summed E-state index contributed by atoms with van der Waals surface area (Å²) in [5.74, 6) is 0.659. The van der Waals surface area contributed by atoms with Crippen LogP contribution in [0.5, 0.6) is 0 Å². The van der Waals surface area contributed by atoms with E-state index in [1.807, 2.05) is 12.1 Å². The number of hydrogen-bond acceptors (Lipinski definition) is 2. The molecule has 0 aliphatic carbocycles. The number of hydrogen-bond donors (Lipinski definition) is 0. The van der Waals surface area contributed by atoms with Gasteiger partial charge in [-0.3, -0.25) is 0 Å². The highest BCUT2D eigenvalue weighted by Gasteiger charge is 2.24. The fourth-order valence-corrected chi connectivity index (χ4v) is 9.38. The zero-order chi connectivity index (χ0) is 41.0. The third-order valence-corrected chi connectivity index (χ3v) is 12.2. The van der Waals surface area contributed by atoms with Gasteiger partial charge in [0.1, 0.15) is 0 Å². The SMILES string of the molecule is c1ccc(-c2ccc3c(c2)c2ccccc2n3-c2cccc(-c3nc(-c4ccccc4)cc(-c4ccccc4)n3)c2-c2ccccc2-n2c3ccccc3c3ccccc32)cc1. The summed E-state index contributed by atoms with van der Waals surface area (Å²) in [7, 11) is 0. The van der Waals surface area contributed by atoms with Crippen LogP contribution in [-0.4, -0.2) is 19.1 Å². The van der Waals surface area contributed by atoms with E-state index in [0.717, 1.165) is 72.6 Å². The first kappa shape index (κ1) is 35.6. The van der Waals surface area contributed by atoms with Crippen molar-refractivity contribution in [1.29, 1.82) is 0 Å². The van der Waals surface area contributed by atoms with Crippen LogP contribution in [0.25, 0.3) is 111 Å². The second-order valence-electron chi connectivity index (χ2n) is 15.7. The first-order chi connectivity index (χ1) is 30.8. The lowest BCUT2D eigenvalue weighted by Crippen LogP contribution is -2.04. The molecule has 4 heteroatoms. The minimum absolute atomic E-state index is 0.659. The Morgan fingerprint density at radius 2 is 0.710 bits per heavy atom. The standard InChI is InChI=1S/C58H38N4/c1-4-19-39(20-5-1)42-35-36-55-48(37-42)45-27-12-16-32-53(45)62(55)56-34-18-29-47(58-59-49(40-21-6-2-7-22-40)38-50(60-58)41-23-8-3-9-24-41)57(56)46-28-13-17-33-54(46)61-51-30-14-10-25-43(51)44-26-11-15-31-52(44)61/h1-38H. The molecule has 0 bridgehead atoms. The number of para-hydroxylation sites is 4. The van der Waals surface area contributed by atoms with E-state index < -0.39 is 0 Å². The number of fused-ring (bicyclic) bond motifs is 6. The van der Waals surface area contributed by atoms with Crippen molar-refractivity contribution in [3.8, 4) is 67.5 Å². The number of benzene rings is 9. The second-order valence-corrected chi connectivity index (χ2v) is 15.7. The van der Waals surface area contributed by atoms with Crippen molar-refractivity contribution in [2.24, 2.45) is 0 Å². The maximum atomic E-state index is 5.44.